The first-order valence-corrected chi connectivity index (χ1v) is 7.98. The Balaban J connectivity index is 1.52. The number of ether oxygens (including phenoxy) is 2. The second kappa shape index (κ2) is 7.25. The number of halogens is 3. The van der Waals surface area contributed by atoms with E-state index in [1.807, 2.05) is 0 Å². The number of hydrogen-bond donors (Lipinski definition) is 2. The minimum atomic E-state index is -4.35. The number of anilines is 1. The molecule has 2 aromatic carbocycles. The fourth-order valence-corrected chi connectivity index (χ4v) is 2.68. The van der Waals surface area contributed by atoms with Gasteiger partial charge in [-0.1, -0.05) is 12.1 Å². The van der Waals surface area contributed by atoms with Gasteiger partial charge in [0.15, 0.2) is 18.0 Å². The van der Waals surface area contributed by atoms with Crippen LogP contribution < -0.4 is 19.7 Å². The van der Waals surface area contributed by atoms with Crippen LogP contribution in [0.1, 0.15) is 11.1 Å². The zero-order chi connectivity index (χ0) is 18.7. The molecule has 5 nitrogen and oxygen atoms in total. The van der Waals surface area contributed by atoms with Gasteiger partial charge in [0.2, 0.25) is 6.79 Å². The fourth-order valence-electron chi connectivity index (χ4n) is 2.68. The molecule has 1 unspecified atom stereocenters. The predicted molar refractivity (Wildman–Crippen MR) is 88.1 cm³/mol. The number of carbonyl (C=O) groups excluding carboxylic acids is 1. The quantitative estimate of drug-likeness (QED) is 0.851. The van der Waals surface area contributed by atoms with Crippen LogP contribution in [0.2, 0.25) is 0 Å². The summed E-state index contributed by atoms with van der Waals surface area (Å²) in [5, 5.41) is 2.77. The molecule has 0 spiro atoms. The number of carbonyl (C=O) groups is 1. The maximum Gasteiger partial charge on any atom is 0.416 e. The van der Waals surface area contributed by atoms with E-state index in [1.54, 1.807) is 25.2 Å². The molecule has 2 aromatic rings. The van der Waals surface area contributed by atoms with Crippen molar-refractivity contribution in [3.63, 3.8) is 0 Å². The largest absolute Gasteiger partial charge is 0.454 e. The molecule has 0 fully saturated rings. The maximum absolute atomic E-state index is 12.6. The first-order valence-electron chi connectivity index (χ1n) is 7.98. The summed E-state index contributed by atoms with van der Waals surface area (Å²) < 4.78 is 48.2. The van der Waals surface area contributed by atoms with Crippen molar-refractivity contribution in [2.45, 2.75) is 12.7 Å². The lowest BCUT2D eigenvalue weighted by atomic mass is 10.1. The topological polar surface area (TPSA) is 52.0 Å². The zero-order valence-corrected chi connectivity index (χ0v) is 14.0. The molecule has 0 aromatic heterocycles. The summed E-state index contributed by atoms with van der Waals surface area (Å²) in [7, 11) is 1.80. The van der Waals surface area contributed by atoms with Gasteiger partial charge in [-0.25, -0.2) is 0 Å². The van der Waals surface area contributed by atoms with Crippen molar-refractivity contribution < 1.29 is 32.3 Å². The van der Waals surface area contributed by atoms with E-state index in [4.69, 9.17) is 9.47 Å². The second-order valence-electron chi connectivity index (χ2n) is 6.12. The molecule has 0 bridgehead atoms. The first-order chi connectivity index (χ1) is 12.3. The van der Waals surface area contributed by atoms with E-state index >= 15 is 0 Å². The molecule has 1 atom stereocenters. The van der Waals surface area contributed by atoms with Gasteiger partial charge in [-0.2, -0.15) is 13.2 Å². The van der Waals surface area contributed by atoms with E-state index in [2.05, 4.69) is 5.32 Å². The Morgan fingerprint density at radius 1 is 1.12 bits per heavy atom. The Bertz CT molecular complexity index is 791. The molecule has 26 heavy (non-hydrogen) atoms. The van der Waals surface area contributed by atoms with Gasteiger partial charge in [-0.3, -0.25) is 4.79 Å². The van der Waals surface area contributed by atoms with Crippen LogP contribution in [0.25, 0.3) is 0 Å². The summed E-state index contributed by atoms with van der Waals surface area (Å²) in [5.41, 5.74) is 0.646. The van der Waals surface area contributed by atoms with Gasteiger partial charge >= 0.3 is 6.18 Å². The van der Waals surface area contributed by atoms with Crippen LogP contribution in [-0.4, -0.2) is 26.3 Å². The highest BCUT2D eigenvalue weighted by atomic mass is 19.4. The third kappa shape index (κ3) is 4.45. The summed E-state index contributed by atoms with van der Waals surface area (Å²) in [6.07, 6.45) is -4.35. The molecule has 8 heteroatoms. The summed E-state index contributed by atoms with van der Waals surface area (Å²) >= 11 is 0. The zero-order valence-electron chi connectivity index (χ0n) is 14.0. The lowest BCUT2D eigenvalue weighted by molar-refractivity contribution is -0.885. The van der Waals surface area contributed by atoms with Gasteiger partial charge in [-0.05, 0) is 24.3 Å². The Morgan fingerprint density at radius 3 is 2.50 bits per heavy atom. The minimum absolute atomic E-state index is 0.159. The normalized spacial score (nSPS) is 14.2. The SMILES string of the molecule is C[NH+](CC(=O)Nc1ccc2c(c1)OCO2)Cc1ccc(C(F)(F)F)cc1. The lowest BCUT2D eigenvalue weighted by Crippen LogP contribution is -3.08. The van der Waals surface area contributed by atoms with Crippen molar-refractivity contribution in [3.05, 3.63) is 53.6 Å². The summed E-state index contributed by atoms with van der Waals surface area (Å²) in [6, 6.07) is 10.1. The molecule has 138 valence electrons. The van der Waals surface area contributed by atoms with Crippen LogP contribution >= 0.6 is 0 Å². The highest BCUT2D eigenvalue weighted by Gasteiger charge is 2.30. The molecule has 0 radical (unpaired) electrons. The van der Waals surface area contributed by atoms with Crippen molar-refractivity contribution in [3.8, 4) is 11.5 Å². The average molecular weight is 367 g/mol. The van der Waals surface area contributed by atoms with Gasteiger partial charge in [0.05, 0.1) is 12.6 Å². The molecule has 0 saturated carbocycles. The number of benzene rings is 2. The van der Waals surface area contributed by atoms with Gasteiger partial charge in [0.1, 0.15) is 6.54 Å². The lowest BCUT2D eigenvalue weighted by Gasteiger charge is -2.14. The number of rotatable bonds is 5. The van der Waals surface area contributed by atoms with Crippen molar-refractivity contribution >= 4 is 11.6 Å². The third-order valence-corrected chi connectivity index (χ3v) is 3.91. The number of fused-ring (bicyclic) bond motifs is 1. The Morgan fingerprint density at radius 2 is 1.81 bits per heavy atom. The van der Waals surface area contributed by atoms with Crippen molar-refractivity contribution in [2.24, 2.45) is 0 Å². The van der Waals surface area contributed by atoms with Crippen molar-refractivity contribution in [1.82, 2.24) is 0 Å². The molecule has 0 aliphatic carbocycles. The van der Waals surface area contributed by atoms with Gasteiger partial charge < -0.3 is 19.7 Å². The van der Waals surface area contributed by atoms with Crippen LogP contribution in [0.4, 0.5) is 18.9 Å². The molecule has 2 N–H and O–H groups in total. The number of hydrogen-bond acceptors (Lipinski definition) is 3. The molecule has 1 amide bonds. The fraction of sp³-hybridized carbons (Fsp3) is 0.278. The van der Waals surface area contributed by atoms with E-state index < -0.39 is 11.7 Å². The number of alkyl halides is 3. The van der Waals surface area contributed by atoms with Crippen LogP contribution in [-0.2, 0) is 17.5 Å². The smallest absolute Gasteiger partial charge is 0.416 e. The van der Waals surface area contributed by atoms with E-state index in [0.29, 0.717) is 23.7 Å². The second-order valence-corrected chi connectivity index (χ2v) is 6.12. The molecular weight excluding hydrogens is 349 g/mol. The van der Waals surface area contributed by atoms with E-state index in [9.17, 15) is 18.0 Å². The van der Waals surface area contributed by atoms with Gasteiger partial charge in [0.25, 0.3) is 5.91 Å². The monoisotopic (exact) mass is 367 g/mol. The summed E-state index contributed by atoms with van der Waals surface area (Å²) in [6.45, 7) is 0.773. The molecule has 1 heterocycles. The predicted octanol–water partition coefficient (Wildman–Crippen LogP) is 2.09. The van der Waals surface area contributed by atoms with E-state index in [1.165, 1.54) is 12.1 Å². The number of quaternary nitrogens is 1. The first kappa shape index (κ1) is 18.1. The number of likely N-dealkylation sites (N-methyl/N-ethyl adjacent to an activating group) is 1. The molecule has 0 saturated heterocycles. The van der Waals surface area contributed by atoms with Gasteiger partial charge in [0, 0.05) is 17.3 Å². The summed E-state index contributed by atoms with van der Waals surface area (Å²) in [4.78, 5) is 13.0. The van der Waals surface area contributed by atoms with Crippen molar-refractivity contribution in [2.75, 3.05) is 25.7 Å². The van der Waals surface area contributed by atoms with E-state index in [-0.39, 0.29) is 19.2 Å². The third-order valence-electron chi connectivity index (χ3n) is 3.91. The minimum Gasteiger partial charge on any atom is -0.454 e. The van der Waals surface area contributed by atoms with Crippen LogP contribution in [0.5, 0.6) is 11.5 Å². The summed E-state index contributed by atoms with van der Waals surface area (Å²) in [5.74, 6) is 1.01. The van der Waals surface area contributed by atoms with Crippen LogP contribution in [0.15, 0.2) is 42.5 Å². The molecular formula is C18H18F3N2O3+. The molecule has 1 aliphatic heterocycles. The number of nitrogens with one attached hydrogen (secondary N) is 2. The Labute approximate surface area is 148 Å². The maximum atomic E-state index is 12.6. The highest BCUT2D eigenvalue weighted by Crippen LogP contribution is 2.34. The number of amides is 1. The molecule has 3 rings (SSSR count). The van der Waals surface area contributed by atoms with Crippen molar-refractivity contribution in [1.29, 1.82) is 0 Å². The van der Waals surface area contributed by atoms with Crippen LogP contribution in [0.3, 0.4) is 0 Å². The van der Waals surface area contributed by atoms with Crippen LogP contribution in [0, 0.1) is 0 Å². The average Bonchev–Trinajstić information content (AvgIpc) is 3.01. The Kier molecular flexibility index (Phi) is 5.03. The standard InChI is InChI=1S/C18H17F3N2O3/c1-23(9-12-2-4-13(5-3-12)18(19,20)21)10-17(24)22-14-6-7-15-16(8-14)26-11-25-15/h2-8H,9-11H2,1H3,(H,22,24)/p+1. The molecule has 1 aliphatic rings. The highest BCUT2D eigenvalue weighted by molar-refractivity contribution is 5.91. The van der Waals surface area contributed by atoms with Gasteiger partial charge in [-0.15, -0.1) is 0 Å². The Hall–Kier alpha value is -2.74. The van der Waals surface area contributed by atoms with E-state index in [0.717, 1.165) is 22.6 Å².